The van der Waals surface area contributed by atoms with Crippen LogP contribution in [0.1, 0.15) is 48.9 Å². The van der Waals surface area contributed by atoms with Crippen LogP contribution in [0.3, 0.4) is 0 Å². The fourth-order valence-electron chi connectivity index (χ4n) is 5.06. The Morgan fingerprint density at radius 1 is 1.00 bits per heavy atom. The highest BCUT2D eigenvalue weighted by atomic mass is 16.5. The quantitative estimate of drug-likeness (QED) is 0.768. The van der Waals surface area contributed by atoms with Crippen LogP contribution in [0, 0.1) is 17.8 Å². The minimum Gasteiger partial charge on any atom is -0.487 e. The van der Waals surface area contributed by atoms with Gasteiger partial charge in [0.25, 0.3) is 0 Å². The summed E-state index contributed by atoms with van der Waals surface area (Å²) in [5.41, 5.74) is 0.728. The summed E-state index contributed by atoms with van der Waals surface area (Å²) >= 11 is 0. The highest BCUT2D eigenvalue weighted by molar-refractivity contribution is 5.79. The molecule has 1 aromatic carbocycles. The summed E-state index contributed by atoms with van der Waals surface area (Å²) in [6, 6.07) is 7.66. The number of carbonyl (C=O) groups is 1. The normalized spacial score (nSPS) is 39.3. The minimum absolute atomic E-state index is 0.0356. The molecule has 0 spiro atoms. The fraction of sp³-hybridized carbons (Fsp3) is 0.588. The van der Waals surface area contributed by atoms with Crippen LogP contribution in [-0.4, -0.2) is 11.9 Å². The second-order valence-electron chi connectivity index (χ2n) is 6.86. The van der Waals surface area contributed by atoms with Gasteiger partial charge in [0.15, 0.2) is 6.29 Å². The van der Waals surface area contributed by atoms with Gasteiger partial charge in [-0.25, -0.2) is 0 Å². The summed E-state index contributed by atoms with van der Waals surface area (Å²) < 4.78 is 6.41. The molecule has 19 heavy (non-hydrogen) atoms. The Morgan fingerprint density at radius 3 is 2.16 bits per heavy atom. The lowest BCUT2D eigenvalue weighted by Crippen LogP contribution is -2.53. The number of rotatable bonds is 3. The Morgan fingerprint density at radius 2 is 1.58 bits per heavy atom. The number of para-hydroxylation sites is 1. The zero-order valence-electron chi connectivity index (χ0n) is 11.2. The van der Waals surface area contributed by atoms with Crippen LogP contribution in [0.15, 0.2) is 24.3 Å². The smallest absolute Gasteiger partial charge is 0.153 e. The predicted octanol–water partition coefficient (Wildman–Crippen LogP) is 3.85. The van der Waals surface area contributed by atoms with Crippen molar-refractivity contribution in [1.29, 1.82) is 0 Å². The van der Waals surface area contributed by atoms with Crippen molar-refractivity contribution in [2.45, 2.75) is 44.1 Å². The van der Waals surface area contributed by atoms with Crippen molar-refractivity contribution in [3.63, 3.8) is 0 Å². The molecule has 2 heteroatoms. The van der Waals surface area contributed by atoms with Gasteiger partial charge in [0.05, 0.1) is 5.56 Å². The summed E-state index contributed by atoms with van der Waals surface area (Å²) in [5.74, 6) is 3.40. The highest BCUT2D eigenvalue weighted by Crippen LogP contribution is 2.57. The summed E-state index contributed by atoms with van der Waals surface area (Å²) in [6.45, 7) is 0. The van der Waals surface area contributed by atoms with E-state index in [4.69, 9.17) is 4.74 Å². The van der Waals surface area contributed by atoms with E-state index < -0.39 is 0 Å². The third-order valence-electron chi connectivity index (χ3n) is 5.35. The van der Waals surface area contributed by atoms with E-state index in [0.29, 0.717) is 5.56 Å². The lowest BCUT2D eigenvalue weighted by Gasteiger charge is -2.56. The summed E-state index contributed by atoms with van der Waals surface area (Å²) in [5, 5.41) is 0. The highest BCUT2D eigenvalue weighted by Gasteiger charge is 2.52. The number of benzene rings is 1. The largest absolute Gasteiger partial charge is 0.487 e. The van der Waals surface area contributed by atoms with Crippen LogP contribution in [-0.2, 0) is 0 Å². The first-order valence-corrected chi connectivity index (χ1v) is 7.49. The molecule has 0 heterocycles. The van der Waals surface area contributed by atoms with Crippen molar-refractivity contribution in [2.24, 2.45) is 17.8 Å². The molecule has 0 N–H and O–H groups in total. The van der Waals surface area contributed by atoms with Gasteiger partial charge in [-0.3, -0.25) is 4.79 Å². The Kier molecular flexibility index (Phi) is 2.48. The lowest BCUT2D eigenvalue weighted by atomic mass is 9.54. The molecule has 1 aromatic rings. The van der Waals surface area contributed by atoms with Crippen molar-refractivity contribution in [3.05, 3.63) is 29.8 Å². The molecule has 4 saturated carbocycles. The maximum Gasteiger partial charge on any atom is 0.153 e. The van der Waals surface area contributed by atoms with E-state index in [1.54, 1.807) is 0 Å². The van der Waals surface area contributed by atoms with E-state index >= 15 is 0 Å². The van der Waals surface area contributed by atoms with Gasteiger partial charge in [-0.2, -0.15) is 0 Å². The number of aldehydes is 1. The molecule has 4 fully saturated rings. The minimum atomic E-state index is 0.0356. The zero-order chi connectivity index (χ0) is 12.9. The number of ether oxygens (including phenoxy) is 1. The molecule has 0 saturated heterocycles. The van der Waals surface area contributed by atoms with Crippen molar-refractivity contribution in [3.8, 4) is 5.75 Å². The van der Waals surface area contributed by atoms with Crippen LogP contribution < -0.4 is 4.74 Å². The first-order valence-electron chi connectivity index (χ1n) is 7.49. The summed E-state index contributed by atoms with van der Waals surface area (Å²) in [4.78, 5) is 11.1. The Hall–Kier alpha value is -1.31. The van der Waals surface area contributed by atoms with Crippen LogP contribution >= 0.6 is 0 Å². The molecule has 0 radical (unpaired) electrons. The Balaban J connectivity index is 1.64. The topological polar surface area (TPSA) is 26.3 Å². The first kappa shape index (κ1) is 11.5. The molecular formula is C17H20O2. The zero-order valence-corrected chi connectivity index (χ0v) is 11.2. The second kappa shape index (κ2) is 4.09. The van der Waals surface area contributed by atoms with Crippen LogP contribution in [0.2, 0.25) is 0 Å². The van der Waals surface area contributed by atoms with Gasteiger partial charge in [0.1, 0.15) is 11.4 Å². The van der Waals surface area contributed by atoms with E-state index in [1.165, 1.54) is 38.5 Å². The van der Waals surface area contributed by atoms with Gasteiger partial charge < -0.3 is 4.74 Å². The van der Waals surface area contributed by atoms with E-state index in [2.05, 4.69) is 0 Å². The van der Waals surface area contributed by atoms with E-state index in [-0.39, 0.29) is 5.60 Å². The molecule has 100 valence electrons. The van der Waals surface area contributed by atoms with E-state index in [1.807, 2.05) is 24.3 Å². The standard InChI is InChI=1S/C17H20O2/c18-11-15-3-1-2-4-16(15)19-17-8-12-5-13(9-17)7-14(6-12)10-17/h1-4,11-14H,5-10H2. The fourth-order valence-corrected chi connectivity index (χ4v) is 5.06. The second-order valence-corrected chi connectivity index (χ2v) is 6.86. The number of hydrogen-bond donors (Lipinski definition) is 0. The van der Waals surface area contributed by atoms with Crippen molar-refractivity contribution < 1.29 is 9.53 Å². The third-order valence-corrected chi connectivity index (χ3v) is 5.35. The molecule has 4 aliphatic carbocycles. The molecule has 0 aromatic heterocycles. The average Bonchev–Trinajstić information content (AvgIpc) is 2.37. The summed E-state index contributed by atoms with van der Waals surface area (Å²) in [6.07, 6.45) is 8.76. The van der Waals surface area contributed by atoms with Gasteiger partial charge in [0, 0.05) is 0 Å². The molecule has 2 nitrogen and oxygen atoms in total. The number of hydrogen-bond acceptors (Lipinski definition) is 2. The monoisotopic (exact) mass is 256 g/mol. The average molecular weight is 256 g/mol. The molecule has 0 unspecified atom stereocenters. The third kappa shape index (κ3) is 1.89. The lowest BCUT2D eigenvalue weighted by molar-refractivity contribution is -0.107. The van der Waals surface area contributed by atoms with Gasteiger partial charge in [-0.1, -0.05) is 12.1 Å². The predicted molar refractivity (Wildman–Crippen MR) is 73.4 cm³/mol. The van der Waals surface area contributed by atoms with Gasteiger partial charge in [-0.15, -0.1) is 0 Å². The first-order chi connectivity index (χ1) is 9.26. The van der Waals surface area contributed by atoms with Crippen LogP contribution in [0.25, 0.3) is 0 Å². The van der Waals surface area contributed by atoms with Crippen molar-refractivity contribution >= 4 is 6.29 Å². The Bertz CT molecular complexity index is 470. The maximum absolute atomic E-state index is 11.1. The number of carbonyl (C=O) groups excluding carboxylic acids is 1. The van der Waals surface area contributed by atoms with Crippen molar-refractivity contribution in [1.82, 2.24) is 0 Å². The van der Waals surface area contributed by atoms with E-state index in [0.717, 1.165) is 29.8 Å². The maximum atomic E-state index is 11.1. The molecular weight excluding hydrogens is 236 g/mol. The van der Waals surface area contributed by atoms with E-state index in [9.17, 15) is 4.79 Å². The molecule has 0 atom stereocenters. The van der Waals surface area contributed by atoms with Gasteiger partial charge in [-0.05, 0) is 68.4 Å². The van der Waals surface area contributed by atoms with Crippen LogP contribution in [0.5, 0.6) is 5.75 Å². The molecule has 4 bridgehead atoms. The molecule has 0 amide bonds. The SMILES string of the molecule is O=Cc1ccccc1OC12CC3CC(CC(C3)C1)C2. The molecule has 0 aliphatic heterocycles. The van der Waals surface area contributed by atoms with Crippen molar-refractivity contribution in [2.75, 3.05) is 0 Å². The molecule has 4 aliphatic rings. The van der Waals surface area contributed by atoms with Crippen LogP contribution in [0.4, 0.5) is 0 Å². The van der Waals surface area contributed by atoms with Gasteiger partial charge in [0.2, 0.25) is 0 Å². The summed E-state index contributed by atoms with van der Waals surface area (Å²) in [7, 11) is 0. The van der Waals surface area contributed by atoms with Gasteiger partial charge >= 0.3 is 0 Å². The Labute approximate surface area is 114 Å². The molecule has 5 rings (SSSR count).